The molecule has 1 fully saturated rings. The summed E-state index contributed by atoms with van der Waals surface area (Å²) in [6, 6.07) is 4.23. The molecule has 1 aromatic carbocycles. The van der Waals surface area contributed by atoms with Crippen molar-refractivity contribution in [2.75, 3.05) is 5.32 Å². The van der Waals surface area contributed by atoms with Crippen molar-refractivity contribution in [2.24, 2.45) is 5.92 Å². The zero-order valence-corrected chi connectivity index (χ0v) is 13.2. The van der Waals surface area contributed by atoms with E-state index in [0.29, 0.717) is 5.69 Å². The van der Waals surface area contributed by atoms with Crippen molar-refractivity contribution in [3.05, 3.63) is 24.3 Å². The summed E-state index contributed by atoms with van der Waals surface area (Å²) in [6.45, 7) is 1.35. The second kappa shape index (κ2) is 7.55. The number of rotatable bonds is 5. The molecule has 0 bridgehead atoms. The lowest BCUT2D eigenvalue weighted by molar-refractivity contribution is -0.274. The lowest BCUT2D eigenvalue weighted by Gasteiger charge is -2.23. The fraction of sp³-hybridized carbons (Fsp3) is 0.500. The minimum Gasteiger partial charge on any atom is -0.406 e. The molecule has 1 aliphatic rings. The molecule has 2 N–H and O–H groups in total. The van der Waals surface area contributed by atoms with Gasteiger partial charge in [-0.3, -0.25) is 9.59 Å². The second-order valence-electron chi connectivity index (χ2n) is 5.78. The molecule has 8 heteroatoms. The van der Waals surface area contributed by atoms with E-state index in [1.54, 1.807) is 0 Å². The van der Waals surface area contributed by atoms with Crippen LogP contribution in [0.5, 0.6) is 5.75 Å². The van der Waals surface area contributed by atoms with E-state index in [1.165, 1.54) is 19.1 Å². The van der Waals surface area contributed by atoms with Gasteiger partial charge in [0.2, 0.25) is 11.8 Å². The Labute approximate surface area is 137 Å². The van der Waals surface area contributed by atoms with Crippen molar-refractivity contribution >= 4 is 17.5 Å². The minimum absolute atomic E-state index is 0.0711. The van der Waals surface area contributed by atoms with Crippen LogP contribution in [0.3, 0.4) is 0 Å². The molecule has 0 aliphatic heterocycles. The number of ether oxygens (including phenoxy) is 1. The first-order chi connectivity index (χ1) is 11.2. The highest BCUT2D eigenvalue weighted by molar-refractivity contribution is 5.97. The van der Waals surface area contributed by atoms with Gasteiger partial charge in [0.15, 0.2) is 0 Å². The predicted octanol–water partition coefficient (Wildman–Crippen LogP) is 3.22. The van der Waals surface area contributed by atoms with Gasteiger partial charge in [-0.15, -0.1) is 13.2 Å². The number of carbonyl (C=O) groups excluding carboxylic acids is 2. The summed E-state index contributed by atoms with van der Waals surface area (Å²) >= 11 is 0. The van der Waals surface area contributed by atoms with Crippen molar-refractivity contribution < 1.29 is 27.5 Å². The second-order valence-corrected chi connectivity index (χ2v) is 5.78. The number of anilines is 1. The highest BCUT2D eigenvalue weighted by atomic mass is 19.4. The average molecular weight is 344 g/mol. The summed E-state index contributed by atoms with van der Waals surface area (Å²) in [5, 5.41) is 5.28. The van der Waals surface area contributed by atoms with Crippen molar-refractivity contribution in [2.45, 2.75) is 45.0 Å². The van der Waals surface area contributed by atoms with Gasteiger partial charge in [0.05, 0.1) is 0 Å². The number of amides is 2. The number of hydrogen-bond donors (Lipinski definition) is 2. The number of nitrogens with one attached hydrogen (secondary N) is 2. The topological polar surface area (TPSA) is 67.4 Å². The number of carbonyl (C=O) groups is 2. The van der Waals surface area contributed by atoms with Crippen LogP contribution in [0.2, 0.25) is 0 Å². The average Bonchev–Trinajstić information content (AvgIpc) is 2.99. The molecule has 1 saturated carbocycles. The van der Waals surface area contributed by atoms with E-state index >= 15 is 0 Å². The van der Waals surface area contributed by atoms with Gasteiger partial charge in [0.1, 0.15) is 11.8 Å². The van der Waals surface area contributed by atoms with Gasteiger partial charge in [-0.05, 0) is 43.0 Å². The predicted molar refractivity (Wildman–Crippen MR) is 81.3 cm³/mol. The Morgan fingerprint density at radius 1 is 1.17 bits per heavy atom. The Kier molecular flexibility index (Phi) is 5.69. The SMILES string of the molecule is CC(=O)NC(C(=O)Nc1ccc(OC(F)(F)F)cc1)C1CCCC1. The summed E-state index contributed by atoms with van der Waals surface area (Å²) in [4.78, 5) is 23.7. The van der Waals surface area contributed by atoms with Gasteiger partial charge in [-0.1, -0.05) is 12.8 Å². The van der Waals surface area contributed by atoms with E-state index in [1.807, 2.05) is 0 Å². The molecule has 0 radical (unpaired) electrons. The first-order valence-electron chi connectivity index (χ1n) is 7.68. The van der Waals surface area contributed by atoms with E-state index in [0.717, 1.165) is 37.8 Å². The molecule has 1 aromatic rings. The van der Waals surface area contributed by atoms with E-state index in [4.69, 9.17) is 0 Å². The minimum atomic E-state index is -4.76. The van der Waals surface area contributed by atoms with Crippen LogP contribution in [0.1, 0.15) is 32.6 Å². The fourth-order valence-corrected chi connectivity index (χ4v) is 2.87. The summed E-state index contributed by atoms with van der Waals surface area (Å²) < 4.78 is 40.1. The third-order valence-corrected chi connectivity index (χ3v) is 3.87. The maximum Gasteiger partial charge on any atom is 0.573 e. The Balaban J connectivity index is 2.01. The molecule has 1 unspecified atom stereocenters. The number of benzene rings is 1. The van der Waals surface area contributed by atoms with Crippen LogP contribution in [0.25, 0.3) is 0 Å². The van der Waals surface area contributed by atoms with Gasteiger partial charge in [0, 0.05) is 12.6 Å². The standard InChI is InChI=1S/C16H19F3N2O3/c1-10(22)20-14(11-4-2-3-5-11)15(23)21-12-6-8-13(9-7-12)24-16(17,18)19/h6-9,11,14H,2-5H2,1H3,(H,20,22)(H,21,23). The van der Waals surface area contributed by atoms with Gasteiger partial charge in [-0.25, -0.2) is 0 Å². The first kappa shape index (κ1) is 18.1. The molecule has 5 nitrogen and oxygen atoms in total. The van der Waals surface area contributed by atoms with Gasteiger partial charge in [-0.2, -0.15) is 0 Å². The van der Waals surface area contributed by atoms with E-state index in [-0.39, 0.29) is 23.5 Å². The van der Waals surface area contributed by atoms with Crippen molar-refractivity contribution in [1.82, 2.24) is 5.32 Å². The summed E-state index contributed by atoms with van der Waals surface area (Å²) in [5.41, 5.74) is 0.336. The fourth-order valence-electron chi connectivity index (χ4n) is 2.87. The molecule has 24 heavy (non-hydrogen) atoms. The highest BCUT2D eigenvalue weighted by Crippen LogP contribution is 2.29. The molecule has 0 heterocycles. The Morgan fingerprint density at radius 3 is 2.25 bits per heavy atom. The van der Waals surface area contributed by atoms with E-state index < -0.39 is 12.4 Å². The molecule has 2 amide bonds. The lowest BCUT2D eigenvalue weighted by atomic mass is 9.97. The van der Waals surface area contributed by atoms with Gasteiger partial charge >= 0.3 is 6.36 Å². The van der Waals surface area contributed by atoms with Crippen molar-refractivity contribution in [3.63, 3.8) is 0 Å². The van der Waals surface area contributed by atoms with Gasteiger partial charge in [0.25, 0.3) is 0 Å². The van der Waals surface area contributed by atoms with Crippen LogP contribution in [0, 0.1) is 5.92 Å². The molecule has 1 aliphatic carbocycles. The number of halogens is 3. The smallest absolute Gasteiger partial charge is 0.406 e. The molecule has 1 atom stereocenters. The zero-order valence-electron chi connectivity index (χ0n) is 13.2. The molecule has 0 saturated heterocycles. The van der Waals surface area contributed by atoms with Crippen molar-refractivity contribution in [1.29, 1.82) is 0 Å². The quantitative estimate of drug-likeness (QED) is 0.862. The molecule has 132 valence electrons. The molecular formula is C16H19F3N2O3. The number of hydrogen-bond acceptors (Lipinski definition) is 3. The van der Waals surface area contributed by atoms with E-state index in [9.17, 15) is 22.8 Å². The van der Waals surface area contributed by atoms with Crippen LogP contribution in [-0.2, 0) is 9.59 Å². The Bertz CT molecular complexity index is 581. The van der Waals surface area contributed by atoms with Crippen LogP contribution < -0.4 is 15.4 Å². The third kappa shape index (κ3) is 5.43. The van der Waals surface area contributed by atoms with Crippen molar-refractivity contribution in [3.8, 4) is 5.75 Å². The summed E-state index contributed by atoms with van der Waals surface area (Å²) in [5.74, 6) is -0.964. The molecule has 0 spiro atoms. The van der Waals surface area contributed by atoms with Crippen LogP contribution in [-0.4, -0.2) is 24.2 Å². The largest absolute Gasteiger partial charge is 0.573 e. The van der Waals surface area contributed by atoms with Crippen LogP contribution >= 0.6 is 0 Å². The summed E-state index contributed by atoms with van der Waals surface area (Å²) in [7, 11) is 0. The number of alkyl halides is 3. The first-order valence-corrected chi connectivity index (χ1v) is 7.68. The normalized spacial score (nSPS) is 16.5. The van der Waals surface area contributed by atoms with Crippen LogP contribution in [0.4, 0.5) is 18.9 Å². The van der Waals surface area contributed by atoms with Crippen LogP contribution in [0.15, 0.2) is 24.3 Å². The lowest BCUT2D eigenvalue weighted by Crippen LogP contribution is -2.47. The monoisotopic (exact) mass is 344 g/mol. The highest BCUT2D eigenvalue weighted by Gasteiger charge is 2.32. The third-order valence-electron chi connectivity index (χ3n) is 3.87. The van der Waals surface area contributed by atoms with Gasteiger partial charge < -0.3 is 15.4 Å². The molecular weight excluding hydrogens is 325 g/mol. The maximum absolute atomic E-state index is 12.4. The maximum atomic E-state index is 12.4. The molecule has 2 rings (SSSR count). The Hall–Kier alpha value is -2.25. The molecule has 0 aromatic heterocycles. The summed E-state index contributed by atoms with van der Waals surface area (Å²) in [6.07, 6.45) is -1.02. The zero-order chi connectivity index (χ0) is 17.7. The Morgan fingerprint density at radius 2 is 1.75 bits per heavy atom. The van der Waals surface area contributed by atoms with E-state index in [2.05, 4.69) is 15.4 Å².